The summed E-state index contributed by atoms with van der Waals surface area (Å²) in [6.07, 6.45) is 4.81. The van der Waals surface area contributed by atoms with Gasteiger partial charge in [0.1, 0.15) is 5.82 Å². The smallest absolute Gasteiger partial charge is 0.323 e. The minimum Gasteiger partial charge on any atom is -0.467 e. The third-order valence-corrected chi connectivity index (χ3v) is 4.60. The lowest BCUT2D eigenvalue weighted by atomic mass is 10.1. The number of carbonyl (C=O) groups is 1. The number of anilines is 1. The number of ether oxygens (including phenoxy) is 1. The van der Waals surface area contributed by atoms with Gasteiger partial charge in [0, 0.05) is 31.4 Å². The molecule has 1 N–H and O–H groups in total. The van der Waals surface area contributed by atoms with Crippen molar-refractivity contribution in [1.82, 2.24) is 19.8 Å². The average molecular weight is 305 g/mol. The minimum absolute atomic E-state index is 0.0637. The van der Waals surface area contributed by atoms with Crippen molar-refractivity contribution in [2.75, 3.05) is 32.1 Å². The standard InChI is InChI=1S/C15H23N5O2/c1-3-19-9-7-11-4-5-12(10-19)20(11)15(21)18-13-6-8-16-14(17-13)22-2/h6,8,11-12H,3-5,7,9-10H2,1-2H3,(H,16,17,18,21). The van der Waals surface area contributed by atoms with E-state index >= 15 is 0 Å². The summed E-state index contributed by atoms with van der Waals surface area (Å²) in [6.45, 7) is 5.26. The number of rotatable bonds is 3. The quantitative estimate of drug-likeness (QED) is 0.918. The highest BCUT2D eigenvalue weighted by Gasteiger charge is 2.39. The van der Waals surface area contributed by atoms with Crippen LogP contribution in [0.25, 0.3) is 0 Å². The molecule has 1 aromatic heterocycles. The van der Waals surface area contributed by atoms with Crippen LogP contribution in [0.4, 0.5) is 10.6 Å². The molecule has 2 saturated heterocycles. The van der Waals surface area contributed by atoms with Gasteiger partial charge in [-0.15, -0.1) is 0 Å². The Bertz CT molecular complexity index is 538. The van der Waals surface area contributed by atoms with Gasteiger partial charge in [0.25, 0.3) is 0 Å². The van der Waals surface area contributed by atoms with Crippen molar-refractivity contribution in [2.24, 2.45) is 0 Å². The fraction of sp³-hybridized carbons (Fsp3) is 0.667. The van der Waals surface area contributed by atoms with Gasteiger partial charge in [0.05, 0.1) is 7.11 Å². The number of amides is 2. The van der Waals surface area contributed by atoms with E-state index in [1.54, 1.807) is 12.3 Å². The topological polar surface area (TPSA) is 70.6 Å². The van der Waals surface area contributed by atoms with Crippen molar-refractivity contribution in [1.29, 1.82) is 0 Å². The first-order valence-corrected chi connectivity index (χ1v) is 7.90. The molecule has 2 atom stereocenters. The summed E-state index contributed by atoms with van der Waals surface area (Å²) in [5.41, 5.74) is 0. The number of urea groups is 1. The van der Waals surface area contributed by atoms with Gasteiger partial charge >= 0.3 is 12.0 Å². The number of hydrogen-bond donors (Lipinski definition) is 1. The molecule has 2 amide bonds. The molecule has 2 bridgehead atoms. The summed E-state index contributed by atoms with van der Waals surface area (Å²) in [7, 11) is 1.51. The molecule has 7 heteroatoms. The van der Waals surface area contributed by atoms with Gasteiger partial charge in [0.15, 0.2) is 0 Å². The van der Waals surface area contributed by atoms with Crippen LogP contribution in [0.5, 0.6) is 6.01 Å². The number of hydrogen-bond acceptors (Lipinski definition) is 5. The normalized spacial score (nSPS) is 24.9. The predicted molar refractivity (Wildman–Crippen MR) is 83.0 cm³/mol. The molecule has 0 saturated carbocycles. The summed E-state index contributed by atoms with van der Waals surface area (Å²) in [5.74, 6) is 0.479. The Morgan fingerprint density at radius 1 is 1.41 bits per heavy atom. The highest BCUT2D eigenvalue weighted by molar-refractivity contribution is 5.89. The molecule has 2 aliphatic rings. The minimum atomic E-state index is -0.0637. The summed E-state index contributed by atoms with van der Waals surface area (Å²) >= 11 is 0. The Kier molecular flexibility index (Phi) is 4.42. The number of fused-ring (bicyclic) bond motifs is 2. The molecular weight excluding hydrogens is 282 g/mol. The average Bonchev–Trinajstić information content (AvgIpc) is 2.82. The Hall–Kier alpha value is -1.89. The van der Waals surface area contributed by atoms with Gasteiger partial charge in [-0.05, 0) is 31.9 Å². The van der Waals surface area contributed by atoms with Gasteiger partial charge in [-0.25, -0.2) is 9.78 Å². The van der Waals surface area contributed by atoms with Crippen LogP contribution in [-0.2, 0) is 0 Å². The number of nitrogens with one attached hydrogen (secondary N) is 1. The summed E-state index contributed by atoms with van der Waals surface area (Å²) in [4.78, 5) is 25.2. The molecule has 0 aliphatic carbocycles. The van der Waals surface area contributed by atoms with Crippen LogP contribution >= 0.6 is 0 Å². The maximum absolute atomic E-state index is 12.7. The predicted octanol–water partition coefficient (Wildman–Crippen LogP) is 1.58. The van der Waals surface area contributed by atoms with Gasteiger partial charge in [-0.1, -0.05) is 6.92 Å². The Morgan fingerprint density at radius 2 is 2.23 bits per heavy atom. The third-order valence-electron chi connectivity index (χ3n) is 4.60. The van der Waals surface area contributed by atoms with Gasteiger partial charge in [0.2, 0.25) is 0 Å². The monoisotopic (exact) mass is 305 g/mol. The van der Waals surface area contributed by atoms with Crippen LogP contribution in [0, 0.1) is 0 Å². The van der Waals surface area contributed by atoms with Crippen LogP contribution < -0.4 is 10.1 Å². The molecule has 1 aromatic rings. The van der Waals surface area contributed by atoms with E-state index in [2.05, 4.69) is 27.1 Å². The van der Waals surface area contributed by atoms with E-state index in [4.69, 9.17) is 4.74 Å². The lowest BCUT2D eigenvalue weighted by Crippen LogP contribution is -2.45. The van der Waals surface area contributed by atoms with Crippen molar-refractivity contribution in [2.45, 2.75) is 38.3 Å². The molecule has 2 unspecified atom stereocenters. The zero-order valence-electron chi connectivity index (χ0n) is 13.2. The molecule has 3 rings (SSSR count). The second-order valence-corrected chi connectivity index (χ2v) is 5.83. The fourth-order valence-electron chi connectivity index (χ4n) is 3.45. The molecule has 2 aliphatic heterocycles. The van der Waals surface area contributed by atoms with E-state index in [0.717, 1.165) is 38.9 Å². The number of nitrogens with zero attached hydrogens (tertiary/aromatic N) is 4. The van der Waals surface area contributed by atoms with E-state index in [0.29, 0.717) is 17.9 Å². The van der Waals surface area contributed by atoms with E-state index < -0.39 is 0 Å². The molecular formula is C15H23N5O2. The van der Waals surface area contributed by atoms with Crippen molar-refractivity contribution in [3.8, 4) is 6.01 Å². The second-order valence-electron chi connectivity index (χ2n) is 5.83. The number of likely N-dealkylation sites (N-methyl/N-ethyl adjacent to an activating group) is 1. The van der Waals surface area contributed by atoms with Crippen LogP contribution in [0.2, 0.25) is 0 Å². The maximum atomic E-state index is 12.7. The van der Waals surface area contributed by atoms with E-state index in [1.807, 2.05) is 4.90 Å². The molecule has 22 heavy (non-hydrogen) atoms. The number of methoxy groups -OCH3 is 1. The number of aromatic nitrogens is 2. The highest BCUT2D eigenvalue weighted by atomic mass is 16.5. The molecule has 2 fully saturated rings. The summed E-state index contributed by atoms with van der Waals surface area (Å²) in [5, 5.41) is 2.89. The highest BCUT2D eigenvalue weighted by Crippen LogP contribution is 2.30. The number of likely N-dealkylation sites (tertiary alicyclic amines) is 1. The van der Waals surface area contributed by atoms with E-state index in [9.17, 15) is 4.79 Å². The van der Waals surface area contributed by atoms with Crippen molar-refractivity contribution < 1.29 is 9.53 Å². The van der Waals surface area contributed by atoms with Crippen LogP contribution in [0.1, 0.15) is 26.2 Å². The largest absolute Gasteiger partial charge is 0.467 e. The van der Waals surface area contributed by atoms with Gasteiger partial charge in [-0.2, -0.15) is 4.98 Å². The maximum Gasteiger partial charge on any atom is 0.323 e. The molecule has 120 valence electrons. The molecule has 7 nitrogen and oxygen atoms in total. The van der Waals surface area contributed by atoms with E-state index in [-0.39, 0.29) is 12.0 Å². The molecule has 0 aromatic carbocycles. The first-order valence-electron chi connectivity index (χ1n) is 7.90. The first kappa shape index (κ1) is 15.0. The SMILES string of the molecule is CCN1CCC2CCC(C1)N2C(=O)Nc1ccnc(OC)n1. The Balaban J connectivity index is 1.71. The second kappa shape index (κ2) is 6.48. The third kappa shape index (κ3) is 2.99. The summed E-state index contributed by atoms with van der Waals surface area (Å²) in [6, 6.07) is 2.51. The lowest BCUT2D eigenvalue weighted by molar-refractivity contribution is 0.184. The zero-order valence-corrected chi connectivity index (χ0v) is 13.2. The first-order chi connectivity index (χ1) is 10.7. The lowest BCUT2D eigenvalue weighted by Gasteiger charge is -2.28. The summed E-state index contributed by atoms with van der Waals surface area (Å²) < 4.78 is 4.99. The van der Waals surface area contributed by atoms with Crippen molar-refractivity contribution in [3.63, 3.8) is 0 Å². The molecule has 0 radical (unpaired) electrons. The Morgan fingerprint density at radius 3 is 3.00 bits per heavy atom. The van der Waals surface area contributed by atoms with Crippen LogP contribution in [0.15, 0.2) is 12.3 Å². The zero-order chi connectivity index (χ0) is 15.5. The van der Waals surface area contributed by atoms with Crippen LogP contribution in [-0.4, -0.2) is 64.6 Å². The molecule has 3 heterocycles. The van der Waals surface area contributed by atoms with Crippen molar-refractivity contribution >= 4 is 11.8 Å². The van der Waals surface area contributed by atoms with Crippen LogP contribution in [0.3, 0.4) is 0 Å². The van der Waals surface area contributed by atoms with Gasteiger partial charge in [-0.3, -0.25) is 5.32 Å². The van der Waals surface area contributed by atoms with Crippen molar-refractivity contribution in [3.05, 3.63) is 12.3 Å². The number of carbonyl (C=O) groups excluding carboxylic acids is 1. The fourth-order valence-corrected chi connectivity index (χ4v) is 3.45. The van der Waals surface area contributed by atoms with E-state index in [1.165, 1.54) is 7.11 Å². The van der Waals surface area contributed by atoms with Gasteiger partial charge < -0.3 is 14.5 Å². The molecule has 0 spiro atoms. The Labute approximate surface area is 130 Å².